The van der Waals surface area contributed by atoms with Crippen LogP contribution < -0.4 is 13.9 Å². The van der Waals surface area contributed by atoms with Gasteiger partial charge in [0.2, 0.25) is 14.4 Å². The van der Waals surface area contributed by atoms with E-state index in [4.69, 9.17) is 23.4 Å². The molecule has 0 fully saturated rings. The molecule has 0 N–H and O–H groups in total. The van der Waals surface area contributed by atoms with Crippen LogP contribution in [0.5, 0.6) is 17.2 Å². The van der Waals surface area contributed by atoms with Crippen LogP contribution in [0.3, 0.4) is 0 Å². The highest BCUT2D eigenvalue weighted by Crippen LogP contribution is 2.38. The van der Waals surface area contributed by atoms with Crippen LogP contribution in [0.25, 0.3) is 11.4 Å². The van der Waals surface area contributed by atoms with Gasteiger partial charge in [0.1, 0.15) is 23.9 Å². The molecule has 0 spiro atoms. The van der Waals surface area contributed by atoms with Gasteiger partial charge < -0.3 is 23.4 Å². The third-order valence-electron chi connectivity index (χ3n) is 6.91. The van der Waals surface area contributed by atoms with Gasteiger partial charge in [0.05, 0.1) is 25.0 Å². The number of carbonyl (C=O) groups is 2. The van der Waals surface area contributed by atoms with Gasteiger partial charge in [-0.3, -0.25) is 4.79 Å². The highest BCUT2D eigenvalue weighted by atomic mass is 28.4. The van der Waals surface area contributed by atoms with Crippen molar-refractivity contribution in [1.29, 1.82) is 0 Å². The monoisotopic (exact) mass is 580 g/mol. The molecule has 1 aromatic heterocycles. The summed E-state index contributed by atoms with van der Waals surface area (Å²) in [5.74, 6) is 1.14. The molecule has 0 radical (unpaired) electrons. The number of esters is 2. The number of hydrogen-bond donors (Lipinski definition) is 0. The van der Waals surface area contributed by atoms with Crippen molar-refractivity contribution < 1.29 is 33.0 Å². The summed E-state index contributed by atoms with van der Waals surface area (Å²) >= 11 is 0. The van der Waals surface area contributed by atoms with E-state index in [9.17, 15) is 9.59 Å². The summed E-state index contributed by atoms with van der Waals surface area (Å²) in [5, 5.41) is -0.0142. The van der Waals surface area contributed by atoms with Gasteiger partial charge in [-0.05, 0) is 61.5 Å². The minimum absolute atomic E-state index is 0.0142. The molecular formula is C31H40N2O7Si. The van der Waals surface area contributed by atoms with Gasteiger partial charge in [0.15, 0.2) is 5.82 Å². The molecule has 0 aliphatic carbocycles. The van der Waals surface area contributed by atoms with Gasteiger partial charge in [-0.25, -0.2) is 14.8 Å². The van der Waals surface area contributed by atoms with E-state index in [0.717, 1.165) is 5.56 Å². The summed E-state index contributed by atoms with van der Waals surface area (Å²) in [7, 11) is -0.547. The van der Waals surface area contributed by atoms with E-state index in [1.54, 1.807) is 32.4 Å². The van der Waals surface area contributed by atoms with Crippen LogP contribution >= 0.6 is 0 Å². The minimum Gasteiger partial charge on any atom is -0.543 e. The molecule has 0 bridgehead atoms. The quantitative estimate of drug-likeness (QED) is 0.184. The van der Waals surface area contributed by atoms with Crippen LogP contribution in [-0.2, 0) is 32.1 Å². The lowest BCUT2D eigenvalue weighted by molar-refractivity contribution is -0.166. The highest BCUT2D eigenvalue weighted by Gasteiger charge is 2.39. The van der Waals surface area contributed by atoms with Crippen LogP contribution in [0.4, 0.5) is 0 Å². The Bertz CT molecular complexity index is 1350. The maximum Gasteiger partial charge on any atom is 0.347 e. The molecule has 220 valence electrons. The van der Waals surface area contributed by atoms with E-state index in [1.165, 1.54) is 6.92 Å². The first kappa shape index (κ1) is 31.6. The van der Waals surface area contributed by atoms with Crippen LogP contribution in [0, 0.1) is 0 Å². The van der Waals surface area contributed by atoms with Crippen LogP contribution in [0.1, 0.15) is 45.9 Å². The number of benzene rings is 2. The maximum absolute atomic E-state index is 12.7. The van der Waals surface area contributed by atoms with Crippen molar-refractivity contribution in [2.24, 2.45) is 0 Å². The first-order valence-corrected chi connectivity index (χ1v) is 16.5. The van der Waals surface area contributed by atoms with Crippen molar-refractivity contribution >= 4 is 20.3 Å². The Morgan fingerprint density at radius 1 is 1.02 bits per heavy atom. The predicted molar refractivity (Wildman–Crippen MR) is 159 cm³/mol. The Hall–Kier alpha value is -3.92. The van der Waals surface area contributed by atoms with Gasteiger partial charge in [-0.15, -0.1) is 0 Å². The van der Waals surface area contributed by atoms with Gasteiger partial charge >= 0.3 is 11.9 Å². The van der Waals surface area contributed by atoms with E-state index >= 15 is 0 Å². The van der Waals surface area contributed by atoms with E-state index < -0.39 is 26.4 Å². The Labute approximate surface area is 243 Å². The first-order valence-electron chi connectivity index (χ1n) is 13.6. The number of methoxy groups -OCH3 is 1. The lowest BCUT2D eigenvalue weighted by Gasteiger charge is -2.36. The zero-order valence-corrected chi connectivity index (χ0v) is 26.1. The molecule has 1 atom stereocenters. The lowest BCUT2D eigenvalue weighted by atomic mass is 10.1. The van der Waals surface area contributed by atoms with Gasteiger partial charge in [0, 0.05) is 25.1 Å². The number of carbonyl (C=O) groups excluding carboxylic acids is 2. The number of aromatic nitrogens is 2. The van der Waals surface area contributed by atoms with Crippen molar-refractivity contribution in [3.8, 4) is 28.6 Å². The van der Waals surface area contributed by atoms with Crippen molar-refractivity contribution in [1.82, 2.24) is 9.97 Å². The third-order valence-corrected chi connectivity index (χ3v) is 11.3. The SMILES string of the molecule is CCOC(=O)[C@@H](Cc1cc(O[Si](C)(C)C(C)(C)C)ccc1OCc1ccnc(-c2ccccc2OC)n1)OC(C)=O. The van der Waals surface area contributed by atoms with E-state index in [-0.39, 0.29) is 24.7 Å². The summed E-state index contributed by atoms with van der Waals surface area (Å²) in [5.41, 5.74) is 2.05. The highest BCUT2D eigenvalue weighted by molar-refractivity contribution is 6.74. The molecule has 10 heteroatoms. The average Bonchev–Trinajstić information content (AvgIpc) is 2.91. The van der Waals surface area contributed by atoms with Crippen LogP contribution in [0.15, 0.2) is 54.7 Å². The summed E-state index contributed by atoms with van der Waals surface area (Å²) in [6, 6.07) is 14.8. The predicted octanol–water partition coefficient (Wildman–Crippen LogP) is 6.15. The molecule has 0 aliphatic rings. The fourth-order valence-electron chi connectivity index (χ4n) is 3.76. The first-order chi connectivity index (χ1) is 19.3. The Morgan fingerprint density at radius 3 is 2.41 bits per heavy atom. The third kappa shape index (κ3) is 8.53. The van der Waals surface area contributed by atoms with Crippen molar-refractivity contribution in [3.63, 3.8) is 0 Å². The molecular weight excluding hydrogens is 540 g/mol. The lowest BCUT2D eigenvalue weighted by Crippen LogP contribution is -2.43. The number of nitrogens with zero attached hydrogens (tertiary/aromatic N) is 2. The number of rotatable bonds is 12. The molecule has 3 rings (SSSR count). The largest absolute Gasteiger partial charge is 0.543 e. The summed E-state index contributed by atoms with van der Waals surface area (Å²) < 4.78 is 28.7. The zero-order chi connectivity index (χ0) is 30.2. The fourth-order valence-corrected chi connectivity index (χ4v) is 4.79. The fraction of sp³-hybridized carbons (Fsp3) is 0.419. The van der Waals surface area contributed by atoms with Crippen LogP contribution in [-0.4, -0.2) is 50.0 Å². The standard InChI is InChI=1S/C31H40N2O7Si/c1-9-37-30(35)28(39-21(2)34)19-22-18-24(40-41(7,8)31(3,4)5)14-15-26(22)38-20-23-16-17-32-29(33-23)25-12-10-11-13-27(25)36-6/h10-18,28H,9,19-20H2,1-8H3/t28-/m1/s1. The maximum atomic E-state index is 12.7. The van der Waals surface area contributed by atoms with E-state index in [1.807, 2.05) is 36.4 Å². The van der Waals surface area contributed by atoms with Crippen molar-refractivity contribution in [2.45, 2.75) is 71.9 Å². The minimum atomic E-state index is -2.15. The van der Waals surface area contributed by atoms with Gasteiger partial charge in [-0.2, -0.15) is 0 Å². The Balaban J connectivity index is 1.93. The molecule has 41 heavy (non-hydrogen) atoms. The second-order valence-corrected chi connectivity index (χ2v) is 15.8. The molecule has 9 nitrogen and oxygen atoms in total. The molecule has 1 heterocycles. The van der Waals surface area contributed by atoms with Gasteiger partial charge in [-0.1, -0.05) is 32.9 Å². The zero-order valence-electron chi connectivity index (χ0n) is 25.1. The molecule has 0 unspecified atom stereocenters. The molecule has 0 amide bonds. The van der Waals surface area contributed by atoms with Crippen LogP contribution in [0.2, 0.25) is 18.1 Å². The molecule has 0 saturated heterocycles. The number of hydrogen-bond acceptors (Lipinski definition) is 9. The summed E-state index contributed by atoms with van der Waals surface area (Å²) in [6.45, 7) is 14.1. The van der Waals surface area contributed by atoms with E-state index in [0.29, 0.717) is 34.3 Å². The van der Waals surface area contributed by atoms with Crippen molar-refractivity contribution in [3.05, 3.63) is 66.0 Å². The normalized spacial score (nSPS) is 12.3. The van der Waals surface area contributed by atoms with E-state index in [2.05, 4.69) is 43.8 Å². The average molecular weight is 581 g/mol. The van der Waals surface area contributed by atoms with Gasteiger partial charge in [0.25, 0.3) is 0 Å². The summed E-state index contributed by atoms with van der Waals surface area (Å²) in [4.78, 5) is 33.5. The number of ether oxygens (including phenoxy) is 4. The second kappa shape index (κ2) is 13.6. The Kier molecular flexibility index (Phi) is 10.5. The smallest absolute Gasteiger partial charge is 0.347 e. The summed E-state index contributed by atoms with van der Waals surface area (Å²) in [6.07, 6.45) is 0.592. The molecule has 0 saturated carbocycles. The molecule has 3 aromatic rings. The Morgan fingerprint density at radius 2 is 1.76 bits per heavy atom. The topological polar surface area (TPSA) is 106 Å². The molecule has 2 aromatic carbocycles. The van der Waals surface area contributed by atoms with Crippen molar-refractivity contribution in [2.75, 3.05) is 13.7 Å². The molecule has 0 aliphatic heterocycles. The second-order valence-electron chi connectivity index (χ2n) is 11.0. The number of para-hydroxylation sites is 1.